The van der Waals surface area contributed by atoms with Gasteiger partial charge in [-0.15, -0.1) is 11.3 Å². The van der Waals surface area contributed by atoms with Gasteiger partial charge < -0.3 is 15.6 Å². The third-order valence-corrected chi connectivity index (χ3v) is 5.05. The van der Waals surface area contributed by atoms with Crippen molar-refractivity contribution in [2.45, 2.75) is 19.4 Å². The summed E-state index contributed by atoms with van der Waals surface area (Å²) in [6, 6.07) is 15.8. The van der Waals surface area contributed by atoms with Gasteiger partial charge in [-0.25, -0.2) is 9.97 Å². The number of hydrogen-bond acceptors (Lipinski definition) is 5. The molecule has 0 saturated carbocycles. The van der Waals surface area contributed by atoms with Crippen molar-refractivity contribution in [1.29, 1.82) is 0 Å². The van der Waals surface area contributed by atoms with Crippen LogP contribution >= 0.6 is 11.3 Å². The van der Waals surface area contributed by atoms with Crippen LogP contribution in [0.2, 0.25) is 0 Å². The van der Waals surface area contributed by atoms with E-state index < -0.39 is 0 Å². The van der Waals surface area contributed by atoms with Crippen molar-refractivity contribution >= 4 is 39.3 Å². The summed E-state index contributed by atoms with van der Waals surface area (Å²) in [6.07, 6.45) is 1.87. The molecule has 0 aliphatic heterocycles. The molecule has 0 spiro atoms. The highest BCUT2D eigenvalue weighted by atomic mass is 32.1. The summed E-state index contributed by atoms with van der Waals surface area (Å²) in [5.41, 5.74) is 3.89. The second kappa shape index (κ2) is 8.66. The van der Waals surface area contributed by atoms with E-state index in [0.717, 1.165) is 28.0 Å². The van der Waals surface area contributed by atoms with E-state index in [0.29, 0.717) is 11.7 Å². The predicted molar refractivity (Wildman–Crippen MR) is 113 cm³/mol. The van der Waals surface area contributed by atoms with Crippen molar-refractivity contribution in [3.05, 3.63) is 65.7 Å². The molecular weight excluding hydrogens is 386 g/mol. The van der Waals surface area contributed by atoms with Crippen LogP contribution in [0.15, 0.2) is 60.1 Å². The lowest BCUT2D eigenvalue weighted by Gasteiger charge is -2.06. The smallest absolute Gasteiger partial charge is 0.226 e. The van der Waals surface area contributed by atoms with Crippen molar-refractivity contribution in [2.24, 2.45) is 0 Å². The van der Waals surface area contributed by atoms with Gasteiger partial charge in [0.05, 0.1) is 11.0 Å². The lowest BCUT2D eigenvalue weighted by Crippen LogP contribution is -2.24. The topological polar surface area (TPSA) is 99.8 Å². The summed E-state index contributed by atoms with van der Waals surface area (Å²) in [4.78, 5) is 35.7. The number of hydrogen-bond donors (Lipinski definition) is 3. The molecule has 7 nitrogen and oxygen atoms in total. The zero-order valence-electron chi connectivity index (χ0n) is 15.5. The minimum Gasteiger partial charge on any atom is -0.352 e. The van der Waals surface area contributed by atoms with Crippen LogP contribution in [-0.2, 0) is 16.1 Å². The number of para-hydroxylation sites is 2. The zero-order valence-corrected chi connectivity index (χ0v) is 16.3. The van der Waals surface area contributed by atoms with E-state index in [-0.39, 0.29) is 24.7 Å². The number of thiazole rings is 1. The number of anilines is 1. The normalized spacial score (nSPS) is 10.8. The largest absolute Gasteiger partial charge is 0.352 e. The standard InChI is InChI=1S/C21H19N5O2S/c27-18(9-10-19(28)26-21-22-11-12-29-21)23-13-14-5-7-15(8-6-14)20-24-16-3-1-2-4-17(16)25-20/h1-8,11-12H,9-10,13H2,(H,23,27)(H,24,25)(H,22,26,28). The Balaban J connectivity index is 1.26. The van der Waals surface area contributed by atoms with Gasteiger partial charge in [0.2, 0.25) is 11.8 Å². The van der Waals surface area contributed by atoms with Crippen LogP contribution in [0.5, 0.6) is 0 Å². The lowest BCUT2D eigenvalue weighted by atomic mass is 10.1. The predicted octanol–water partition coefficient (Wildman–Crippen LogP) is 3.72. The highest BCUT2D eigenvalue weighted by Crippen LogP contribution is 2.20. The van der Waals surface area contributed by atoms with Crippen LogP contribution in [0.25, 0.3) is 22.4 Å². The highest BCUT2D eigenvalue weighted by Gasteiger charge is 2.09. The van der Waals surface area contributed by atoms with Crippen LogP contribution in [0, 0.1) is 0 Å². The fraction of sp³-hybridized carbons (Fsp3) is 0.143. The molecule has 0 fully saturated rings. The van der Waals surface area contributed by atoms with E-state index in [1.165, 1.54) is 11.3 Å². The molecular formula is C21H19N5O2S. The van der Waals surface area contributed by atoms with Crippen molar-refractivity contribution in [3.63, 3.8) is 0 Å². The number of nitrogens with one attached hydrogen (secondary N) is 3. The summed E-state index contributed by atoms with van der Waals surface area (Å²) in [7, 11) is 0. The van der Waals surface area contributed by atoms with E-state index >= 15 is 0 Å². The summed E-state index contributed by atoms with van der Waals surface area (Å²) < 4.78 is 0. The molecule has 3 N–H and O–H groups in total. The molecule has 0 aliphatic carbocycles. The Labute approximate surface area is 171 Å². The number of fused-ring (bicyclic) bond motifs is 1. The fourth-order valence-corrected chi connectivity index (χ4v) is 3.40. The molecule has 0 aliphatic rings. The number of aromatic amines is 1. The second-order valence-corrected chi connectivity index (χ2v) is 7.36. The number of benzene rings is 2. The van der Waals surface area contributed by atoms with Gasteiger partial charge in [0.1, 0.15) is 5.82 Å². The Hall–Kier alpha value is -3.52. The van der Waals surface area contributed by atoms with E-state index in [2.05, 4.69) is 25.6 Å². The first-order chi connectivity index (χ1) is 14.2. The average Bonchev–Trinajstić information content (AvgIpc) is 3.40. The molecule has 29 heavy (non-hydrogen) atoms. The number of amides is 2. The third kappa shape index (κ3) is 4.85. The molecule has 8 heteroatoms. The first-order valence-electron chi connectivity index (χ1n) is 9.17. The van der Waals surface area contributed by atoms with E-state index in [1.807, 2.05) is 48.5 Å². The summed E-state index contributed by atoms with van der Waals surface area (Å²) in [6.45, 7) is 0.410. The van der Waals surface area contributed by atoms with Gasteiger partial charge in [0.15, 0.2) is 5.13 Å². The maximum absolute atomic E-state index is 12.0. The Kier molecular flexibility index (Phi) is 5.62. The van der Waals surface area contributed by atoms with Crippen molar-refractivity contribution in [1.82, 2.24) is 20.3 Å². The first-order valence-corrected chi connectivity index (χ1v) is 10.1. The number of carbonyl (C=O) groups excluding carboxylic acids is 2. The van der Waals surface area contributed by atoms with Crippen molar-refractivity contribution in [3.8, 4) is 11.4 Å². The highest BCUT2D eigenvalue weighted by molar-refractivity contribution is 7.13. The zero-order chi connectivity index (χ0) is 20.1. The molecule has 0 radical (unpaired) electrons. The molecule has 4 rings (SSSR count). The molecule has 146 valence electrons. The molecule has 4 aromatic rings. The van der Waals surface area contributed by atoms with E-state index in [9.17, 15) is 9.59 Å². The van der Waals surface area contributed by atoms with Gasteiger partial charge >= 0.3 is 0 Å². The molecule has 2 heterocycles. The number of rotatable bonds is 7. The summed E-state index contributed by atoms with van der Waals surface area (Å²) in [5, 5.41) is 7.82. The van der Waals surface area contributed by atoms with Crippen LogP contribution in [-0.4, -0.2) is 26.8 Å². The average molecular weight is 405 g/mol. The van der Waals surface area contributed by atoms with Gasteiger partial charge in [-0.2, -0.15) is 0 Å². The van der Waals surface area contributed by atoms with Gasteiger partial charge in [0.25, 0.3) is 0 Å². The minimum atomic E-state index is -0.217. The molecule has 2 aromatic heterocycles. The monoisotopic (exact) mass is 405 g/mol. The van der Waals surface area contributed by atoms with Gasteiger partial charge in [0, 0.05) is 36.5 Å². The molecule has 2 aromatic carbocycles. The number of imidazole rings is 1. The quantitative estimate of drug-likeness (QED) is 0.436. The number of carbonyl (C=O) groups is 2. The minimum absolute atomic E-state index is 0.121. The molecule has 0 bridgehead atoms. The SMILES string of the molecule is O=C(CCC(=O)Nc1nccs1)NCc1ccc(-c2nc3ccccc3[nH]2)cc1. The fourth-order valence-electron chi connectivity index (χ4n) is 2.85. The van der Waals surface area contributed by atoms with E-state index in [1.54, 1.807) is 11.6 Å². The number of aromatic nitrogens is 3. The van der Waals surface area contributed by atoms with Gasteiger partial charge in [-0.1, -0.05) is 36.4 Å². The Morgan fingerprint density at radius 1 is 1.00 bits per heavy atom. The molecule has 0 atom stereocenters. The van der Waals surface area contributed by atoms with Crippen LogP contribution in [0.3, 0.4) is 0 Å². The van der Waals surface area contributed by atoms with Crippen molar-refractivity contribution < 1.29 is 9.59 Å². The first kappa shape index (κ1) is 18.8. The Morgan fingerprint density at radius 2 is 1.79 bits per heavy atom. The maximum Gasteiger partial charge on any atom is 0.226 e. The van der Waals surface area contributed by atoms with Crippen LogP contribution < -0.4 is 10.6 Å². The Morgan fingerprint density at radius 3 is 2.55 bits per heavy atom. The number of nitrogens with zero attached hydrogens (tertiary/aromatic N) is 2. The van der Waals surface area contributed by atoms with Gasteiger partial charge in [-0.3, -0.25) is 9.59 Å². The second-order valence-electron chi connectivity index (χ2n) is 6.46. The molecule has 0 unspecified atom stereocenters. The van der Waals surface area contributed by atoms with Crippen LogP contribution in [0.1, 0.15) is 18.4 Å². The lowest BCUT2D eigenvalue weighted by molar-refractivity contribution is -0.124. The van der Waals surface area contributed by atoms with Crippen LogP contribution in [0.4, 0.5) is 5.13 Å². The van der Waals surface area contributed by atoms with Gasteiger partial charge in [-0.05, 0) is 17.7 Å². The summed E-state index contributed by atoms with van der Waals surface area (Å²) >= 11 is 1.34. The maximum atomic E-state index is 12.0. The molecule has 0 saturated heterocycles. The summed E-state index contributed by atoms with van der Waals surface area (Å²) in [5.74, 6) is 0.430. The van der Waals surface area contributed by atoms with Crippen molar-refractivity contribution in [2.75, 3.05) is 5.32 Å². The van der Waals surface area contributed by atoms with E-state index in [4.69, 9.17) is 0 Å². The Bertz CT molecular complexity index is 1090. The number of H-pyrrole nitrogens is 1. The third-order valence-electron chi connectivity index (χ3n) is 4.36. The molecule has 2 amide bonds.